The molecule has 0 bridgehead atoms. The fourth-order valence-corrected chi connectivity index (χ4v) is 4.64. The van der Waals surface area contributed by atoms with E-state index in [-0.39, 0.29) is 12.7 Å². The first-order chi connectivity index (χ1) is 16.8. The number of fused-ring (bicyclic) bond motifs is 1. The van der Waals surface area contributed by atoms with E-state index in [0.29, 0.717) is 6.54 Å². The van der Waals surface area contributed by atoms with Crippen LogP contribution in [0.4, 0.5) is 5.82 Å². The molecule has 2 heterocycles. The van der Waals surface area contributed by atoms with Crippen LogP contribution in [0.15, 0.2) is 97.2 Å². The molecule has 0 spiro atoms. The first-order valence-corrected chi connectivity index (χ1v) is 12.0. The second-order valence-electron chi connectivity index (χ2n) is 8.86. The zero-order valence-corrected chi connectivity index (χ0v) is 19.3. The molecule has 0 amide bonds. The zero-order chi connectivity index (χ0) is 23.2. The average molecular weight is 454 g/mol. The van der Waals surface area contributed by atoms with Crippen molar-refractivity contribution < 1.29 is 9.84 Å². The summed E-state index contributed by atoms with van der Waals surface area (Å²) in [6.45, 7) is 4.52. The molecule has 0 saturated carbocycles. The van der Waals surface area contributed by atoms with Gasteiger partial charge in [-0.15, -0.1) is 0 Å². The third-order valence-corrected chi connectivity index (χ3v) is 6.45. The van der Waals surface area contributed by atoms with Crippen molar-refractivity contribution in [2.75, 3.05) is 44.2 Å². The lowest BCUT2D eigenvalue weighted by atomic mass is 9.98. The minimum atomic E-state index is -0.548. The van der Waals surface area contributed by atoms with Crippen LogP contribution in [0, 0.1) is 0 Å². The van der Waals surface area contributed by atoms with Gasteiger partial charge in [-0.25, -0.2) is 4.98 Å². The first-order valence-electron chi connectivity index (χ1n) is 12.0. The predicted molar refractivity (Wildman–Crippen MR) is 137 cm³/mol. The third-order valence-electron chi connectivity index (χ3n) is 6.45. The molecule has 1 aliphatic heterocycles. The van der Waals surface area contributed by atoms with Crippen LogP contribution in [0.2, 0.25) is 0 Å². The van der Waals surface area contributed by atoms with Crippen molar-refractivity contribution >= 4 is 16.6 Å². The normalized spacial score (nSPS) is 16.4. The Balaban J connectivity index is 1.21. The molecule has 1 aromatic heterocycles. The highest BCUT2D eigenvalue weighted by atomic mass is 16.5. The maximum atomic E-state index is 10.8. The largest absolute Gasteiger partial charge is 0.389 e. The second-order valence-corrected chi connectivity index (χ2v) is 8.86. The maximum absolute atomic E-state index is 10.8. The Kier molecular flexibility index (Phi) is 7.15. The van der Waals surface area contributed by atoms with E-state index in [2.05, 4.69) is 75.4 Å². The van der Waals surface area contributed by atoms with Crippen molar-refractivity contribution in [1.82, 2.24) is 9.88 Å². The number of pyridine rings is 1. The highest BCUT2D eigenvalue weighted by Crippen LogP contribution is 2.29. The zero-order valence-electron chi connectivity index (χ0n) is 19.3. The Labute approximate surface area is 201 Å². The van der Waals surface area contributed by atoms with Gasteiger partial charge in [0.25, 0.3) is 0 Å². The van der Waals surface area contributed by atoms with Gasteiger partial charge in [0, 0.05) is 38.9 Å². The number of hydrogen-bond acceptors (Lipinski definition) is 5. The Morgan fingerprint density at radius 1 is 0.765 bits per heavy atom. The summed E-state index contributed by atoms with van der Waals surface area (Å²) in [5.74, 6) is 1.02. The summed E-state index contributed by atoms with van der Waals surface area (Å²) < 4.78 is 6.36. The number of hydrogen-bond donors (Lipinski definition) is 1. The number of rotatable bonds is 8. The number of aromatic nitrogens is 1. The van der Waals surface area contributed by atoms with Crippen LogP contribution in [0.25, 0.3) is 10.8 Å². The van der Waals surface area contributed by atoms with Gasteiger partial charge >= 0.3 is 0 Å². The summed E-state index contributed by atoms with van der Waals surface area (Å²) in [5, 5.41) is 13.2. The van der Waals surface area contributed by atoms with E-state index in [1.165, 1.54) is 10.8 Å². The molecule has 1 saturated heterocycles. The molecule has 174 valence electrons. The summed E-state index contributed by atoms with van der Waals surface area (Å²) >= 11 is 0. The molecule has 3 aromatic carbocycles. The molecule has 1 N–H and O–H groups in total. The van der Waals surface area contributed by atoms with Crippen LogP contribution in [0.1, 0.15) is 17.2 Å². The van der Waals surface area contributed by atoms with Gasteiger partial charge in [0.2, 0.25) is 0 Å². The van der Waals surface area contributed by atoms with Crippen molar-refractivity contribution in [3.05, 3.63) is 108 Å². The predicted octanol–water partition coefficient (Wildman–Crippen LogP) is 4.52. The lowest BCUT2D eigenvalue weighted by molar-refractivity contribution is -0.00891. The van der Waals surface area contributed by atoms with Crippen LogP contribution in [-0.4, -0.2) is 60.4 Å². The molecule has 2 unspecified atom stereocenters. The Morgan fingerprint density at radius 2 is 1.50 bits per heavy atom. The Hall–Kier alpha value is -3.25. The van der Waals surface area contributed by atoms with Crippen molar-refractivity contribution in [3.63, 3.8) is 0 Å². The number of nitrogens with zero attached hydrogens (tertiary/aromatic N) is 3. The fourth-order valence-electron chi connectivity index (χ4n) is 4.64. The highest BCUT2D eigenvalue weighted by Gasteiger charge is 2.22. The summed E-state index contributed by atoms with van der Waals surface area (Å²) in [7, 11) is 0. The lowest BCUT2D eigenvalue weighted by Gasteiger charge is -2.36. The van der Waals surface area contributed by atoms with Crippen LogP contribution in [-0.2, 0) is 4.74 Å². The average Bonchev–Trinajstić information content (AvgIpc) is 2.90. The van der Waals surface area contributed by atoms with Gasteiger partial charge < -0.3 is 14.7 Å². The number of aliphatic hydroxyl groups excluding tert-OH is 1. The van der Waals surface area contributed by atoms with Gasteiger partial charge in [0.05, 0.1) is 12.7 Å². The molecule has 4 aromatic rings. The molecule has 5 rings (SSSR count). The highest BCUT2D eigenvalue weighted by molar-refractivity contribution is 5.83. The summed E-state index contributed by atoms with van der Waals surface area (Å²) in [5.41, 5.74) is 2.19. The molecule has 0 radical (unpaired) electrons. The number of ether oxygens (including phenoxy) is 1. The van der Waals surface area contributed by atoms with E-state index < -0.39 is 6.10 Å². The van der Waals surface area contributed by atoms with E-state index in [1.54, 1.807) is 0 Å². The Bertz CT molecular complexity index is 1180. The number of benzene rings is 3. The number of β-amino-alcohol motifs (C(OH)–C–C–N with tert-alkyl or cyclic N) is 1. The topological polar surface area (TPSA) is 48.8 Å². The lowest BCUT2D eigenvalue weighted by Crippen LogP contribution is -2.49. The number of anilines is 1. The second kappa shape index (κ2) is 10.8. The molecule has 2 atom stereocenters. The minimum Gasteiger partial charge on any atom is -0.389 e. The molecular formula is C29H31N3O2. The van der Waals surface area contributed by atoms with Crippen LogP contribution in [0.3, 0.4) is 0 Å². The quantitative estimate of drug-likeness (QED) is 0.425. The molecule has 5 nitrogen and oxygen atoms in total. The fraction of sp³-hybridized carbons (Fsp3) is 0.276. The standard InChI is InChI=1S/C29H31N3O2/c33-27(21-31-16-18-32(19-17-31)28-12-6-7-15-30-28)22-34-29(24-9-2-1-3-10-24)26-14-13-23-8-4-5-11-25(23)20-26/h1-15,20,27,29,33H,16-19,21-22H2. The van der Waals surface area contributed by atoms with E-state index in [1.807, 2.05) is 36.5 Å². The van der Waals surface area contributed by atoms with Gasteiger partial charge in [0.1, 0.15) is 11.9 Å². The summed E-state index contributed by atoms with van der Waals surface area (Å²) in [4.78, 5) is 9.05. The first kappa shape index (κ1) is 22.5. The molecule has 1 fully saturated rings. The van der Waals surface area contributed by atoms with E-state index in [9.17, 15) is 5.11 Å². The molecule has 5 heteroatoms. The van der Waals surface area contributed by atoms with Crippen molar-refractivity contribution in [1.29, 1.82) is 0 Å². The van der Waals surface area contributed by atoms with Gasteiger partial charge in [-0.05, 0) is 40.1 Å². The van der Waals surface area contributed by atoms with E-state index in [0.717, 1.165) is 43.1 Å². The van der Waals surface area contributed by atoms with Gasteiger partial charge in [-0.3, -0.25) is 4.90 Å². The Morgan fingerprint density at radius 3 is 2.26 bits per heavy atom. The van der Waals surface area contributed by atoms with Crippen LogP contribution < -0.4 is 4.90 Å². The maximum Gasteiger partial charge on any atom is 0.128 e. The monoisotopic (exact) mass is 453 g/mol. The SMILES string of the molecule is OC(COC(c1ccccc1)c1ccc2ccccc2c1)CN1CCN(c2ccccn2)CC1. The summed E-state index contributed by atoms with van der Waals surface area (Å²) in [6, 6.07) is 31.1. The smallest absolute Gasteiger partial charge is 0.128 e. The number of aliphatic hydroxyl groups is 1. The molecule has 0 aliphatic carbocycles. The minimum absolute atomic E-state index is 0.221. The molecular weight excluding hydrogens is 422 g/mol. The van der Waals surface area contributed by atoms with Crippen molar-refractivity contribution in [2.24, 2.45) is 0 Å². The van der Waals surface area contributed by atoms with E-state index >= 15 is 0 Å². The third kappa shape index (κ3) is 5.45. The number of piperazine rings is 1. The summed E-state index contributed by atoms with van der Waals surface area (Å²) in [6.07, 6.45) is 1.07. The van der Waals surface area contributed by atoms with Gasteiger partial charge in [-0.1, -0.05) is 72.8 Å². The molecule has 34 heavy (non-hydrogen) atoms. The van der Waals surface area contributed by atoms with Crippen LogP contribution in [0.5, 0.6) is 0 Å². The van der Waals surface area contributed by atoms with Gasteiger partial charge in [-0.2, -0.15) is 0 Å². The van der Waals surface area contributed by atoms with E-state index in [4.69, 9.17) is 4.74 Å². The van der Waals surface area contributed by atoms with Crippen LogP contribution >= 0.6 is 0 Å². The molecule has 1 aliphatic rings. The van der Waals surface area contributed by atoms with Gasteiger partial charge in [0.15, 0.2) is 0 Å². The van der Waals surface area contributed by atoms with Crippen molar-refractivity contribution in [2.45, 2.75) is 12.2 Å². The van der Waals surface area contributed by atoms with Crippen molar-refractivity contribution in [3.8, 4) is 0 Å².